The van der Waals surface area contributed by atoms with Gasteiger partial charge in [0.2, 0.25) is 0 Å². The Balaban J connectivity index is 2.36. The summed E-state index contributed by atoms with van der Waals surface area (Å²) in [4.78, 5) is 0. The number of methoxy groups -OCH3 is 1. The fourth-order valence-electron chi connectivity index (χ4n) is 1.73. The Hall–Kier alpha value is -1.73. The van der Waals surface area contributed by atoms with Gasteiger partial charge in [0.1, 0.15) is 5.54 Å². The molecule has 0 aliphatic carbocycles. The van der Waals surface area contributed by atoms with Crippen LogP contribution in [0.3, 0.4) is 0 Å². The minimum Gasteiger partial charge on any atom is -0.493 e. The van der Waals surface area contributed by atoms with Crippen LogP contribution in [0.15, 0.2) is 18.2 Å². The van der Waals surface area contributed by atoms with Crippen LogP contribution in [0.4, 0.5) is 0 Å². The first-order valence-corrected chi connectivity index (χ1v) is 6.46. The molecule has 4 heteroatoms. The molecule has 1 unspecified atom stereocenters. The monoisotopic (exact) mass is 262 g/mol. The summed E-state index contributed by atoms with van der Waals surface area (Å²) in [5, 5.41) is 8.80. The molecule has 1 rings (SSSR count). The number of nitrogens with two attached hydrogens (primary N) is 1. The van der Waals surface area contributed by atoms with Gasteiger partial charge in [-0.25, -0.2) is 0 Å². The summed E-state index contributed by atoms with van der Waals surface area (Å²) in [6.07, 6.45) is 2.41. The van der Waals surface area contributed by atoms with E-state index in [1.807, 2.05) is 25.1 Å². The molecule has 0 heterocycles. The van der Waals surface area contributed by atoms with Gasteiger partial charge >= 0.3 is 0 Å². The smallest absolute Gasteiger partial charge is 0.161 e. The number of benzene rings is 1. The van der Waals surface area contributed by atoms with Crippen LogP contribution in [0, 0.1) is 18.3 Å². The van der Waals surface area contributed by atoms with E-state index in [0.717, 1.165) is 29.9 Å². The first-order chi connectivity index (χ1) is 8.98. The van der Waals surface area contributed by atoms with E-state index in [2.05, 4.69) is 6.07 Å². The molecule has 1 aromatic carbocycles. The van der Waals surface area contributed by atoms with Crippen molar-refractivity contribution in [3.8, 4) is 17.6 Å². The standard InChI is InChI=1S/C15H22N2O2/c1-12-6-7-13(14(10-12)18-3)19-9-5-4-8-15(2,17)11-16/h6-7,10H,4-5,8-9,17H2,1-3H3. The molecule has 0 aromatic heterocycles. The van der Waals surface area contributed by atoms with Gasteiger partial charge in [-0.15, -0.1) is 0 Å². The van der Waals surface area contributed by atoms with Gasteiger partial charge in [-0.1, -0.05) is 6.07 Å². The molecule has 0 spiro atoms. The zero-order valence-corrected chi connectivity index (χ0v) is 11.9. The summed E-state index contributed by atoms with van der Waals surface area (Å²) < 4.78 is 10.9. The first-order valence-electron chi connectivity index (χ1n) is 6.46. The molecule has 2 N–H and O–H groups in total. The molecule has 0 bridgehead atoms. The topological polar surface area (TPSA) is 68.3 Å². The summed E-state index contributed by atoms with van der Waals surface area (Å²) in [5.41, 5.74) is 6.15. The highest BCUT2D eigenvalue weighted by molar-refractivity contribution is 5.42. The second kappa shape index (κ2) is 7.01. The normalized spacial score (nSPS) is 13.4. The van der Waals surface area contributed by atoms with Crippen molar-refractivity contribution in [1.29, 1.82) is 5.26 Å². The number of unbranched alkanes of at least 4 members (excludes halogenated alkanes) is 1. The summed E-state index contributed by atoms with van der Waals surface area (Å²) in [5.74, 6) is 1.50. The third-order valence-electron chi connectivity index (χ3n) is 2.92. The maximum atomic E-state index is 8.80. The lowest BCUT2D eigenvalue weighted by Gasteiger charge is -2.15. The van der Waals surface area contributed by atoms with Crippen LogP contribution in [0.2, 0.25) is 0 Å². The van der Waals surface area contributed by atoms with E-state index in [1.165, 1.54) is 0 Å². The van der Waals surface area contributed by atoms with E-state index >= 15 is 0 Å². The molecule has 4 nitrogen and oxygen atoms in total. The minimum absolute atomic E-state index is 0.598. The van der Waals surface area contributed by atoms with Crippen molar-refractivity contribution in [2.75, 3.05) is 13.7 Å². The van der Waals surface area contributed by atoms with Crippen molar-refractivity contribution in [3.63, 3.8) is 0 Å². The van der Waals surface area contributed by atoms with Crippen LogP contribution in [0.5, 0.6) is 11.5 Å². The highest BCUT2D eigenvalue weighted by Crippen LogP contribution is 2.27. The third-order valence-corrected chi connectivity index (χ3v) is 2.92. The van der Waals surface area contributed by atoms with Crippen LogP contribution in [-0.4, -0.2) is 19.3 Å². The molecule has 0 fully saturated rings. The summed E-state index contributed by atoms with van der Waals surface area (Å²) in [6, 6.07) is 7.94. The van der Waals surface area contributed by atoms with Crippen molar-refractivity contribution < 1.29 is 9.47 Å². The molecule has 0 amide bonds. The maximum absolute atomic E-state index is 8.80. The number of nitrogens with zero attached hydrogens (tertiary/aromatic N) is 1. The van der Waals surface area contributed by atoms with E-state index in [1.54, 1.807) is 14.0 Å². The molecule has 0 aliphatic heterocycles. The van der Waals surface area contributed by atoms with Crippen molar-refractivity contribution in [2.45, 2.75) is 38.6 Å². The lowest BCUT2D eigenvalue weighted by atomic mass is 9.98. The van der Waals surface area contributed by atoms with E-state index in [0.29, 0.717) is 13.0 Å². The van der Waals surface area contributed by atoms with E-state index in [4.69, 9.17) is 20.5 Å². The van der Waals surface area contributed by atoms with Gasteiger partial charge in [0.25, 0.3) is 0 Å². The Morgan fingerprint density at radius 3 is 2.68 bits per heavy atom. The number of ether oxygens (including phenoxy) is 2. The molecule has 0 saturated carbocycles. The number of hydrogen-bond donors (Lipinski definition) is 1. The number of nitriles is 1. The van der Waals surface area contributed by atoms with Gasteiger partial charge < -0.3 is 15.2 Å². The lowest BCUT2D eigenvalue weighted by molar-refractivity contribution is 0.282. The predicted molar refractivity (Wildman–Crippen MR) is 75.3 cm³/mol. The molecule has 0 saturated heterocycles. The third kappa shape index (κ3) is 5.19. The highest BCUT2D eigenvalue weighted by atomic mass is 16.5. The quantitative estimate of drug-likeness (QED) is 0.767. The second-order valence-corrected chi connectivity index (χ2v) is 4.99. The SMILES string of the molecule is COc1cc(C)ccc1OCCCCC(C)(N)C#N. The molecular weight excluding hydrogens is 240 g/mol. The van der Waals surface area contributed by atoms with Crippen LogP contribution >= 0.6 is 0 Å². The van der Waals surface area contributed by atoms with Gasteiger partial charge in [-0.05, 0) is 50.8 Å². The predicted octanol–water partition coefficient (Wildman–Crippen LogP) is 2.79. The fraction of sp³-hybridized carbons (Fsp3) is 0.533. The molecule has 104 valence electrons. The Bertz CT molecular complexity index is 450. The average Bonchev–Trinajstić information content (AvgIpc) is 2.39. The largest absolute Gasteiger partial charge is 0.493 e. The average molecular weight is 262 g/mol. The molecule has 1 aromatic rings. The molecule has 19 heavy (non-hydrogen) atoms. The first kappa shape index (κ1) is 15.3. The Morgan fingerprint density at radius 2 is 2.05 bits per heavy atom. The number of hydrogen-bond acceptors (Lipinski definition) is 4. The maximum Gasteiger partial charge on any atom is 0.161 e. The van der Waals surface area contributed by atoms with Crippen molar-refractivity contribution in [3.05, 3.63) is 23.8 Å². The van der Waals surface area contributed by atoms with Crippen molar-refractivity contribution in [1.82, 2.24) is 0 Å². The number of rotatable bonds is 7. The van der Waals surface area contributed by atoms with Crippen LogP contribution in [-0.2, 0) is 0 Å². The summed E-state index contributed by atoms with van der Waals surface area (Å²) in [6.45, 7) is 4.36. The zero-order chi connectivity index (χ0) is 14.3. The summed E-state index contributed by atoms with van der Waals surface area (Å²) in [7, 11) is 1.63. The highest BCUT2D eigenvalue weighted by Gasteiger charge is 2.15. The van der Waals surface area contributed by atoms with Crippen molar-refractivity contribution in [2.24, 2.45) is 5.73 Å². The molecule has 1 atom stereocenters. The van der Waals surface area contributed by atoms with Gasteiger partial charge in [0.15, 0.2) is 11.5 Å². The molecule has 0 radical (unpaired) electrons. The van der Waals surface area contributed by atoms with Gasteiger partial charge in [0.05, 0.1) is 19.8 Å². The van der Waals surface area contributed by atoms with Crippen LogP contribution < -0.4 is 15.2 Å². The fourth-order valence-corrected chi connectivity index (χ4v) is 1.73. The lowest BCUT2D eigenvalue weighted by Crippen LogP contribution is -2.33. The second-order valence-electron chi connectivity index (χ2n) is 4.99. The van der Waals surface area contributed by atoms with Crippen LogP contribution in [0.1, 0.15) is 31.7 Å². The van der Waals surface area contributed by atoms with E-state index in [9.17, 15) is 0 Å². The minimum atomic E-state index is -0.735. The van der Waals surface area contributed by atoms with E-state index < -0.39 is 5.54 Å². The zero-order valence-electron chi connectivity index (χ0n) is 11.9. The van der Waals surface area contributed by atoms with Gasteiger partial charge in [0, 0.05) is 0 Å². The number of aryl methyl sites for hydroxylation is 1. The Kier molecular flexibility index (Phi) is 5.65. The molecule has 0 aliphatic rings. The Labute approximate surface area is 115 Å². The summed E-state index contributed by atoms with van der Waals surface area (Å²) >= 11 is 0. The van der Waals surface area contributed by atoms with Crippen LogP contribution in [0.25, 0.3) is 0 Å². The van der Waals surface area contributed by atoms with Gasteiger partial charge in [-0.2, -0.15) is 5.26 Å². The van der Waals surface area contributed by atoms with Crippen molar-refractivity contribution >= 4 is 0 Å². The molecular formula is C15H22N2O2. The van der Waals surface area contributed by atoms with E-state index in [-0.39, 0.29) is 0 Å². The Morgan fingerprint density at radius 1 is 1.32 bits per heavy atom. The van der Waals surface area contributed by atoms with Gasteiger partial charge in [-0.3, -0.25) is 0 Å².